The molecule has 0 bridgehead atoms. The van der Waals surface area contributed by atoms with Crippen LogP contribution in [0.1, 0.15) is 59.8 Å². The number of nitrogens with one attached hydrogen (secondary N) is 1. The molecule has 2 N–H and O–H groups in total. The highest BCUT2D eigenvalue weighted by Crippen LogP contribution is 2.38. The quantitative estimate of drug-likeness (QED) is 0.683. The number of aliphatic hydroxyl groups excluding tert-OH is 1. The number of nitrogens with zero attached hydrogens (tertiary/aromatic N) is 1. The van der Waals surface area contributed by atoms with Crippen molar-refractivity contribution in [2.75, 3.05) is 26.7 Å². The molecular formula is C17H36N2O. The summed E-state index contributed by atoms with van der Waals surface area (Å²) in [4.78, 5) is 2.46. The van der Waals surface area contributed by atoms with Gasteiger partial charge in [-0.1, -0.05) is 40.5 Å². The van der Waals surface area contributed by atoms with E-state index in [1.165, 1.54) is 32.2 Å². The molecule has 0 radical (unpaired) electrons. The van der Waals surface area contributed by atoms with Crippen molar-refractivity contribution in [1.82, 2.24) is 10.2 Å². The minimum absolute atomic E-state index is 0.0224. The molecule has 3 unspecified atom stereocenters. The normalized spacial score (nSPS) is 28.5. The molecule has 0 spiro atoms. The van der Waals surface area contributed by atoms with E-state index in [4.69, 9.17) is 0 Å². The molecule has 0 aromatic carbocycles. The molecule has 0 amide bonds. The number of aliphatic hydroxyl groups is 1. The zero-order valence-corrected chi connectivity index (χ0v) is 14.3. The van der Waals surface area contributed by atoms with Crippen LogP contribution in [-0.2, 0) is 0 Å². The van der Waals surface area contributed by atoms with Crippen LogP contribution in [0.5, 0.6) is 0 Å². The van der Waals surface area contributed by atoms with E-state index in [0.29, 0.717) is 12.0 Å². The Morgan fingerprint density at radius 3 is 2.60 bits per heavy atom. The summed E-state index contributed by atoms with van der Waals surface area (Å²) in [6, 6.07) is 0.445. The molecule has 0 aromatic heterocycles. The van der Waals surface area contributed by atoms with Crippen LogP contribution < -0.4 is 5.32 Å². The van der Waals surface area contributed by atoms with Gasteiger partial charge in [0.25, 0.3) is 0 Å². The second kappa shape index (κ2) is 8.35. The molecular weight excluding hydrogens is 248 g/mol. The minimum atomic E-state index is -0.0224. The van der Waals surface area contributed by atoms with Gasteiger partial charge in [0.05, 0.1) is 6.61 Å². The fraction of sp³-hybridized carbons (Fsp3) is 1.00. The summed E-state index contributed by atoms with van der Waals surface area (Å²) in [6.45, 7) is 11.6. The van der Waals surface area contributed by atoms with E-state index >= 15 is 0 Å². The van der Waals surface area contributed by atoms with Crippen molar-refractivity contribution < 1.29 is 5.11 Å². The van der Waals surface area contributed by atoms with Gasteiger partial charge in [0.1, 0.15) is 0 Å². The van der Waals surface area contributed by atoms with Crippen molar-refractivity contribution in [3.05, 3.63) is 0 Å². The Morgan fingerprint density at radius 2 is 2.05 bits per heavy atom. The van der Waals surface area contributed by atoms with Gasteiger partial charge in [-0.05, 0) is 44.7 Å². The first-order chi connectivity index (χ1) is 9.43. The molecule has 3 nitrogen and oxygen atoms in total. The zero-order chi connectivity index (χ0) is 15.2. The predicted octanol–water partition coefficient (Wildman–Crippen LogP) is 2.88. The number of hydrogen-bond donors (Lipinski definition) is 2. The van der Waals surface area contributed by atoms with Crippen molar-refractivity contribution in [2.45, 2.75) is 71.4 Å². The third-order valence-corrected chi connectivity index (χ3v) is 4.99. The van der Waals surface area contributed by atoms with E-state index < -0.39 is 0 Å². The first kappa shape index (κ1) is 17.9. The second-order valence-corrected chi connectivity index (χ2v) is 7.27. The molecule has 1 saturated carbocycles. The van der Waals surface area contributed by atoms with Gasteiger partial charge in [0, 0.05) is 18.1 Å². The molecule has 1 fully saturated rings. The Hall–Kier alpha value is -0.120. The summed E-state index contributed by atoms with van der Waals surface area (Å²) in [5, 5.41) is 13.6. The van der Waals surface area contributed by atoms with Gasteiger partial charge in [0.15, 0.2) is 0 Å². The highest BCUT2D eigenvalue weighted by atomic mass is 16.3. The first-order valence-corrected chi connectivity index (χ1v) is 8.50. The summed E-state index contributed by atoms with van der Waals surface area (Å²) >= 11 is 0. The van der Waals surface area contributed by atoms with Crippen LogP contribution in [0.4, 0.5) is 0 Å². The highest BCUT2D eigenvalue weighted by molar-refractivity contribution is 4.99. The van der Waals surface area contributed by atoms with Gasteiger partial charge in [-0.15, -0.1) is 0 Å². The molecule has 20 heavy (non-hydrogen) atoms. The highest BCUT2D eigenvalue weighted by Gasteiger charge is 2.42. The standard InChI is InChI=1S/C17H36N2O/c1-6-15(4)12-19(5)11-9-16-8-7-10-17(16,13-20)18-14(2)3/h14-16,18,20H,6-13H2,1-5H3. The van der Waals surface area contributed by atoms with E-state index in [-0.39, 0.29) is 12.1 Å². The second-order valence-electron chi connectivity index (χ2n) is 7.27. The number of hydrogen-bond acceptors (Lipinski definition) is 3. The molecule has 0 aliphatic heterocycles. The van der Waals surface area contributed by atoms with Gasteiger partial charge in [0.2, 0.25) is 0 Å². The lowest BCUT2D eigenvalue weighted by Crippen LogP contribution is -2.54. The van der Waals surface area contributed by atoms with Crippen molar-refractivity contribution in [3.8, 4) is 0 Å². The number of rotatable bonds is 9. The lowest BCUT2D eigenvalue weighted by molar-refractivity contribution is 0.104. The maximum absolute atomic E-state index is 9.91. The average molecular weight is 284 g/mol. The summed E-state index contributed by atoms with van der Waals surface area (Å²) < 4.78 is 0. The Morgan fingerprint density at radius 1 is 1.35 bits per heavy atom. The molecule has 0 aromatic rings. The summed E-state index contributed by atoms with van der Waals surface area (Å²) in [7, 11) is 2.23. The van der Waals surface area contributed by atoms with Crippen LogP contribution in [-0.4, -0.2) is 48.3 Å². The lowest BCUT2D eigenvalue weighted by atomic mass is 9.84. The van der Waals surface area contributed by atoms with Crippen molar-refractivity contribution >= 4 is 0 Å². The molecule has 3 atom stereocenters. The Bertz CT molecular complexity index is 270. The van der Waals surface area contributed by atoms with E-state index in [1.807, 2.05) is 0 Å². The summed E-state index contributed by atoms with van der Waals surface area (Å²) in [6.07, 6.45) is 6.09. The SMILES string of the molecule is CCC(C)CN(C)CCC1CCCC1(CO)NC(C)C. The van der Waals surface area contributed by atoms with E-state index in [2.05, 4.69) is 45.0 Å². The van der Waals surface area contributed by atoms with Gasteiger partial charge in [-0.3, -0.25) is 0 Å². The fourth-order valence-corrected chi connectivity index (χ4v) is 3.71. The maximum Gasteiger partial charge on any atom is 0.0616 e. The van der Waals surface area contributed by atoms with Gasteiger partial charge < -0.3 is 15.3 Å². The van der Waals surface area contributed by atoms with Crippen LogP contribution in [0.3, 0.4) is 0 Å². The lowest BCUT2D eigenvalue weighted by Gasteiger charge is -2.37. The van der Waals surface area contributed by atoms with Crippen molar-refractivity contribution in [3.63, 3.8) is 0 Å². The van der Waals surface area contributed by atoms with Gasteiger partial charge in [-0.2, -0.15) is 0 Å². The van der Waals surface area contributed by atoms with Gasteiger partial charge >= 0.3 is 0 Å². The largest absolute Gasteiger partial charge is 0.394 e. The Kier molecular flexibility index (Phi) is 7.49. The zero-order valence-electron chi connectivity index (χ0n) is 14.3. The molecule has 1 aliphatic rings. The minimum Gasteiger partial charge on any atom is -0.394 e. The third kappa shape index (κ3) is 5.01. The summed E-state index contributed by atoms with van der Waals surface area (Å²) in [5.41, 5.74) is -0.0224. The topological polar surface area (TPSA) is 35.5 Å². The molecule has 3 heteroatoms. The third-order valence-electron chi connectivity index (χ3n) is 4.99. The van der Waals surface area contributed by atoms with Crippen LogP contribution in [0.2, 0.25) is 0 Å². The average Bonchev–Trinajstić information content (AvgIpc) is 2.78. The fourth-order valence-electron chi connectivity index (χ4n) is 3.71. The Balaban J connectivity index is 2.48. The van der Waals surface area contributed by atoms with Crippen LogP contribution >= 0.6 is 0 Å². The van der Waals surface area contributed by atoms with E-state index in [9.17, 15) is 5.11 Å². The van der Waals surface area contributed by atoms with E-state index in [1.54, 1.807) is 0 Å². The molecule has 0 saturated heterocycles. The Labute approximate surface area is 126 Å². The van der Waals surface area contributed by atoms with Crippen LogP contribution in [0, 0.1) is 11.8 Å². The summed E-state index contributed by atoms with van der Waals surface area (Å²) in [5.74, 6) is 1.40. The van der Waals surface area contributed by atoms with Crippen molar-refractivity contribution in [1.29, 1.82) is 0 Å². The first-order valence-electron chi connectivity index (χ1n) is 8.50. The smallest absolute Gasteiger partial charge is 0.0616 e. The maximum atomic E-state index is 9.91. The molecule has 1 aliphatic carbocycles. The monoisotopic (exact) mass is 284 g/mol. The predicted molar refractivity (Wildman–Crippen MR) is 87.0 cm³/mol. The molecule has 120 valence electrons. The van der Waals surface area contributed by atoms with Crippen LogP contribution in [0.25, 0.3) is 0 Å². The molecule has 1 rings (SSSR count). The van der Waals surface area contributed by atoms with Crippen molar-refractivity contribution in [2.24, 2.45) is 11.8 Å². The van der Waals surface area contributed by atoms with Gasteiger partial charge in [-0.25, -0.2) is 0 Å². The van der Waals surface area contributed by atoms with E-state index in [0.717, 1.165) is 18.9 Å². The molecule has 0 heterocycles. The van der Waals surface area contributed by atoms with Crippen LogP contribution in [0.15, 0.2) is 0 Å².